The van der Waals surface area contributed by atoms with E-state index in [1.54, 1.807) is 7.11 Å². The molecule has 1 unspecified atom stereocenters. The van der Waals surface area contributed by atoms with E-state index in [9.17, 15) is 0 Å². The number of aromatic nitrogens is 1. The van der Waals surface area contributed by atoms with Gasteiger partial charge in [0.2, 0.25) is 0 Å². The maximum atomic E-state index is 5.82. The molecule has 1 N–H and O–H groups in total. The lowest BCUT2D eigenvalue weighted by atomic mass is 10.0. The second kappa shape index (κ2) is 9.18. The van der Waals surface area contributed by atoms with Crippen molar-refractivity contribution in [3.05, 3.63) is 48.4 Å². The molecule has 29 heavy (non-hydrogen) atoms. The number of hydrogen-bond donors (Lipinski definition) is 1. The molecule has 0 spiro atoms. The number of piperazine rings is 1. The Morgan fingerprint density at radius 3 is 3.10 bits per heavy atom. The molecule has 1 atom stereocenters. The number of aryl methyl sites for hydroxylation is 1. The van der Waals surface area contributed by atoms with Gasteiger partial charge >= 0.3 is 0 Å². The van der Waals surface area contributed by atoms with Crippen LogP contribution in [-0.2, 0) is 6.42 Å². The summed E-state index contributed by atoms with van der Waals surface area (Å²) < 4.78 is 16.9. The summed E-state index contributed by atoms with van der Waals surface area (Å²) in [5, 5.41) is 4.67. The molecule has 6 heteroatoms. The lowest BCUT2D eigenvalue weighted by molar-refractivity contribution is 0.335. The van der Waals surface area contributed by atoms with Crippen LogP contribution < -0.4 is 19.7 Å². The van der Waals surface area contributed by atoms with Crippen molar-refractivity contribution < 1.29 is 13.9 Å². The first-order valence-corrected chi connectivity index (χ1v) is 10.4. The molecule has 6 nitrogen and oxygen atoms in total. The number of fused-ring (bicyclic) bond motifs is 1. The maximum Gasteiger partial charge on any atom is 0.171 e. The molecular formula is C23H29N3O3. The zero-order valence-electron chi connectivity index (χ0n) is 17.2. The molecule has 0 radical (unpaired) electrons. The predicted molar refractivity (Wildman–Crippen MR) is 115 cm³/mol. The van der Waals surface area contributed by atoms with E-state index in [4.69, 9.17) is 13.9 Å². The van der Waals surface area contributed by atoms with Crippen LogP contribution in [-0.4, -0.2) is 44.4 Å². The topological polar surface area (TPSA) is 59.8 Å². The van der Waals surface area contributed by atoms with Gasteiger partial charge in [0.25, 0.3) is 0 Å². The summed E-state index contributed by atoms with van der Waals surface area (Å²) in [6, 6.07) is 10.3. The largest absolute Gasteiger partial charge is 0.497 e. The standard InChI is InChI=1S/C23H29N3O3/c1-3-28-22-8-5-11-25-23(22)26-13-12-24-15-18(26)7-4-6-17-16-29-21-10-9-19(27-2)14-20(17)21/h5,8-11,14,16,18,24H,3-4,6-7,12-13,15H2,1-2H3. The number of hydrogen-bond acceptors (Lipinski definition) is 6. The fraction of sp³-hybridized carbons (Fsp3) is 0.435. The zero-order chi connectivity index (χ0) is 20.1. The summed E-state index contributed by atoms with van der Waals surface area (Å²) in [5.41, 5.74) is 2.15. The summed E-state index contributed by atoms with van der Waals surface area (Å²) in [5.74, 6) is 2.69. The molecule has 2 aromatic heterocycles. The van der Waals surface area contributed by atoms with Crippen LogP contribution in [0.1, 0.15) is 25.3 Å². The third kappa shape index (κ3) is 4.32. The van der Waals surface area contributed by atoms with Crippen LogP contribution in [0.3, 0.4) is 0 Å². The van der Waals surface area contributed by atoms with E-state index < -0.39 is 0 Å². The van der Waals surface area contributed by atoms with E-state index >= 15 is 0 Å². The second-order valence-electron chi connectivity index (χ2n) is 7.32. The van der Waals surface area contributed by atoms with Gasteiger partial charge in [0, 0.05) is 37.3 Å². The van der Waals surface area contributed by atoms with Crippen molar-refractivity contribution in [1.29, 1.82) is 0 Å². The quantitative estimate of drug-likeness (QED) is 0.621. The monoisotopic (exact) mass is 395 g/mol. The van der Waals surface area contributed by atoms with Crippen LogP contribution in [0, 0.1) is 0 Å². The lowest BCUT2D eigenvalue weighted by Gasteiger charge is -2.37. The number of anilines is 1. The molecule has 0 aliphatic carbocycles. The van der Waals surface area contributed by atoms with Crippen LogP contribution in [0.15, 0.2) is 47.2 Å². The first kappa shape index (κ1) is 19.6. The number of rotatable bonds is 8. The SMILES string of the molecule is CCOc1cccnc1N1CCNCC1CCCc1coc2ccc(OC)cc12. The van der Waals surface area contributed by atoms with E-state index in [0.717, 1.165) is 67.2 Å². The second-order valence-corrected chi connectivity index (χ2v) is 7.32. The molecule has 1 aromatic carbocycles. The Labute approximate surface area is 171 Å². The summed E-state index contributed by atoms with van der Waals surface area (Å²) in [6.07, 6.45) is 6.86. The Hall–Kier alpha value is -2.73. The van der Waals surface area contributed by atoms with E-state index in [0.29, 0.717) is 12.6 Å². The molecule has 3 heterocycles. The molecule has 0 saturated carbocycles. The Kier molecular flexibility index (Phi) is 6.20. The fourth-order valence-corrected chi connectivity index (χ4v) is 4.07. The van der Waals surface area contributed by atoms with Gasteiger partial charge in [-0.1, -0.05) is 0 Å². The van der Waals surface area contributed by atoms with Crippen molar-refractivity contribution in [3.63, 3.8) is 0 Å². The van der Waals surface area contributed by atoms with Crippen molar-refractivity contribution in [2.75, 3.05) is 38.3 Å². The number of nitrogens with zero attached hydrogens (tertiary/aromatic N) is 2. The zero-order valence-corrected chi connectivity index (χ0v) is 17.2. The highest BCUT2D eigenvalue weighted by Gasteiger charge is 2.25. The average Bonchev–Trinajstić information content (AvgIpc) is 3.17. The summed E-state index contributed by atoms with van der Waals surface area (Å²) >= 11 is 0. The summed E-state index contributed by atoms with van der Waals surface area (Å²) in [4.78, 5) is 7.03. The van der Waals surface area contributed by atoms with Gasteiger partial charge in [-0.15, -0.1) is 0 Å². The molecule has 1 aliphatic heterocycles. The van der Waals surface area contributed by atoms with Gasteiger partial charge in [-0.3, -0.25) is 0 Å². The van der Waals surface area contributed by atoms with Crippen LogP contribution in [0.4, 0.5) is 5.82 Å². The fourth-order valence-electron chi connectivity index (χ4n) is 4.07. The van der Waals surface area contributed by atoms with E-state index in [-0.39, 0.29) is 0 Å². The van der Waals surface area contributed by atoms with Gasteiger partial charge in [0.1, 0.15) is 11.3 Å². The van der Waals surface area contributed by atoms with Crippen LogP contribution in [0.5, 0.6) is 11.5 Å². The van der Waals surface area contributed by atoms with Gasteiger partial charge in [-0.05, 0) is 62.1 Å². The highest BCUT2D eigenvalue weighted by molar-refractivity contribution is 5.82. The van der Waals surface area contributed by atoms with E-state index in [1.165, 1.54) is 5.56 Å². The summed E-state index contributed by atoms with van der Waals surface area (Å²) in [7, 11) is 1.69. The van der Waals surface area contributed by atoms with E-state index in [2.05, 4.69) is 21.3 Å². The highest BCUT2D eigenvalue weighted by atomic mass is 16.5. The van der Waals surface area contributed by atoms with Crippen molar-refractivity contribution in [2.24, 2.45) is 0 Å². The van der Waals surface area contributed by atoms with Crippen LogP contribution in [0.2, 0.25) is 0 Å². The van der Waals surface area contributed by atoms with Crippen LogP contribution >= 0.6 is 0 Å². The first-order valence-electron chi connectivity index (χ1n) is 10.4. The van der Waals surface area contributed by atoms with Crippen molar-refractivity contribution in [2.45, 2.75) is 32.2 Å². The molecule has 4 rings (SSSR count). The minimum atomic E-state index is 0.394. The Morgan fingerprint density at radius 1 is 1.31 bits per heavy atom. The third-order valence-corrected chi connectivity index (χ3v) is 5.52. The first-order chi connectivity index (χ1) is 14.3. The Bertz CT molecular complexity index is 940. The van der Waals surface area contributed by atoms with Crippen molar-refractivity contribution in [1.82, 2.24) is 10.3 Å². The number of ether oxygens (including phenoxy) is 2. The minimum absolute atomic E-state index is 0.394. The summed E-state index contributed by atoms with van der Waals surface area (Å²) in [6.45, 7) is 5.52. The van der Waals surface area contributed by atoms with Crippen molar-refractivity contribution >= 4 is 16.8 Å². The van der Waals surface area contributed by atoms with Crippen LogP contribution in [0.25, 0.3) is 11.0 Å². The number of methoxy groups -OCH3 is 1. The molecule has 0 amide bonds. The molecule has 3 aromatic rings. The molecule has 154 valence electrons. The van der Waals surface area contributed by atoms with E-state index in [1.807, 2.05) is 43.6 Å². The molecule has 0 bridgehead atoms. The predicted octanol–water partition coefficient (Wildman–Crippen LogP) is 4.04. The third-order valence-electron chi connectivity index (χ3n) is 5.52. The molecule has 1 saturated heterocycles. The Balaban J connectivity index is 1.44. The highest BCUT2D eigenvalue weighted by Crippen LogP contribution is 2.30. The van der Waals surface area contributed by atoms with Gasteiger partial charge in [0.15, 0.2) is 11.6 Å². The average molecular weight is 396 g/mol. The Morgan fingerprint density at radius 2 is 2.24 bits per heavy atom. The number of furan rings is 1. The smallest absolute Gasteiger partial charge is 0.171 e. The maximum absolute atomic E-state index is 5.82. The molecule has 1 fully saturated rings. The normalized spacial score (nSPS) is 16.9. The van der Waals surface area contributed by atoms with Gasteiger partial charge < -0.3 is 24.1 Å². The van der Waals surface area contributed by atoms with Gasteiger partial charge in [0.05, 0.1) is 20.0 Å². The van der Waals surface area contributed by atoms with Gasteiger partial charge in [-0.2, -0.15) is 0 Å². The van der Waals surface area contributed by atoms with Gasteiger partial charge in [-0.25, -0.2) is 4.98 Å². The molecule has 1 aliphatic rings. The molecular weight excluding hydrogens is 366 g/mol. The number of nitrogens with one attached hydrogen (secondary N) is 1. The van der Waals surface area contributed by atoms with Crippen molar-refractivity contribution in [3.8, 4) is 11.5 Å². The minimum Gasteiger partial charge on any atom is -0.497 e. The lowest BCUT2D eigenvalue weighted by Crippen LogP contribution is -2.51. The number of pyridine rings is 1. The number of benzene rings is 1.